The van der Waals surface area contributed by atoms with Crippen molar-refractivity contribution >= 4 is 11.6 Å². The molecule has 0 spiro atoms. The molecule has 0 atom stereocenters. The van der Waals surface area contributed by atoms with Crippen LogP contribution in [0.3, 0.4) is 0 Å². The van der Waals surface area contributed by atoms with E-state index in [-0.39, 0.29) is 12.5 Å². The van der Waals surface area contributed by atoms with Crippen LogP contribution < -0.4 is 5.32 Å². The second-order valence-electron chi connectivity index (χ2n) is 4.13. The smallest absolute Gasteiger partial charge is 0.224 e. The Morgan fingerprint density at radius 2 is 2.32 bits per heavy atom. The van der Waals surface area contributed by atoms with Gasteiger partial charge in [0, 0.05) is 18.7 Å². The highest BCUT2D eigenvalue weighted by atomic mass is 16.3. The van der Waals surface area contributed by atoms with Crippen molar-refractivity contribution in [3.8, 4) is 5.69 Å². The van der Waals surface area contributed by atoms with Crippen LogP contribution in [0.5, 0.6) is 0 Å². The van der Waals surface area contributed by atoms with Crippen LogP contribution in [0.2, 0.25) is 0 Å². The highest BCUT2D eigenvalue weighted by molar-refractivity contribution is 5.91. The van der Waals surface area contributed by atoms with Gasteiger partial charge in [-0.05, 0) is 41.5 Å². The fourth-order valence-corrected chi connectivity index (χ4v) is 1.67. The number of aromatic nitrogens is 4. The first-order valence-electron chi connectivity index (χ1n) is 5.95. The second-order valence-corrected chi connectivity index (χ2v) is 4.13. The van der Waals surface area contributed by atoms with Gasteiger partial charge in [-0.2, -0.15) is 0 Å². The molecule has 0 saturated heterocycles. The molecule has 0 aliphatic carbocycles. The summed E-state index contributed by atoms with van der Waals surface area (Å²) >= 11 is 0. The third-order valence-corrected chi connectivity index (χ3v) is 2.65. The van der Waals surface area contributed by atoms with Crippen molar-refractivity contribution in [2.24, 2.45) is 0 Å². The molecule has 100 valence electrons. The summed E-state index contributed by atoms with van der Waals surface area (Å²) in [7, 11) is 0. The minimum absolute atomic E-state index is 0.0111. The van der Waals surface area contributed by atoms with Gasteiger partial charge in [0.25, 0.3) is 0 Å². The van der Waals surface area contributed by atoms with Crippen molar-refractivity contribution in [1.29, 1.82) is 0 Å². The predicted molar refractivity (Wildman–Crippen MR) is 68.8 cm³/mol. The molecule has 2 N–H and O–H groups in total. The third kappa shape index (κ3) is 3.35. The van der Waals surface area contributed by atoms with E-state index in [2.05, 4.69) is 20.8 Å². The molecule has 1 aromatic heterocycles. The standard InChI is InChI=1S/C12H15N5O2/c1-9-4-5-10(14-12(19)3-2-6-18)7-11(9)17-8-13-15-16-17/h4-5,7-8,18H,2-3,6H2,1H3,(H,14,19). The number of amides is 1. The Bertz CT molecular complexity index is 553. The Morgan fingerprint density at radius 3 is 3.00 bits per heavy atom. The van der Waals surface area contributed by atoms with E-state index >= 15 is 0 Å². The van der Waals surface area contributed by atoms with Crippen molar-refractivity contribution in [3.63, 3.8) is 0 Å². The molecule has 0 aliphatic rings. The first-order valence-corrected chi connectivity index (χ1v) is 5.95. The quantitative estimate of drug-likeness (QED) is 0.825. The van der Waals surface area contributed by atoms with E-state index in [0.717, 1.165) is 11.3 Å². The first kappa shape index (κ1) is 13.2. The van der Waals surface area contributed by atoms with E-state index in [9.17, 15) is 4.79 Å². The summed E-state index contributed by atoms with van der Waals surface area (Å²) in [6.45, 7) is 1.95. The van der Waals surface area contributed by atoms with Gasteiger partial charge in [-0.15, -0.1) is 5.10 Å². The van der Waals surface area contributed by atoms with Gasteiger partial charge in [0.05, 0.1) is 5.69 Å². The number of rotatable bonds is 5. The Labute approximate surface area is 110 Å². The Kier molecular flexibility index (Phi) is 4.19. The molecule has 1 aromatic carbocycles. The molecule has 19 heavy (non-hydrogen) atoms. The molecule has 1 heterocycles. The van der Waals surface area contributed by atoms with Gasteiger partial charge in [-0.25, -0.2) is 4.68 Å². The molecule has 0 saturated carbocycles. The Balaban J connectivity index is 2.15. The number of hydrogen-bond donors (Lipinski definition) is 2. The van der Waals surface area contributed by atoms with E-state index in [4.69, 9.17) is 5.11 Å². The van der Waals surface area contributed by atoms with Gasteiger partial charge in [0.15, 0.2) is 0 Å². The molecular formula is C12H15N5O2. The summed E-state index contributed by atoms with van der Waals surface area (Å²) in [6.07, 6.45) is 2.25. The summed E-state index contributed by atoms with van der Waals surface area (Å²) in [4.78, 5) is 11.6. The summed E-state index contributed by atoms with van der Waals surface area (Å²) < 4.78 is 1.54. The third-order valence-electron chi connectivity index (χ3n) is 2.65. The molecule has 0 fully saturated rings. The first-order chi connectivity index (χ1) is 9.20. The van der Waals surface area contributed by atoms with Crippen LogP contribution in [0.15, 0.2) is 24.5 Å². The topological polar surface area (TPSA) is 92.9 Å². The molecule has 1 amide bonds. The van der Waals surface area contributed by atoms with Crippen LogP contribution >= 0.6 is 0 Å². The lowest BCUT2D eigenvalue weighted by Crippen LogP contribution is -2.12. The van der Waals surface area contributed by atoms with Crippen molar-refractivity contribution in [1.82, 2.24) is 20.2 Å². The largest absolute Gasteiger partial charge is 0.396 e. The number of tetrazole rings is 1. The normalized spacial score (nSPS) is 10.4. The van der Waals surface area contributed by atoms with Crippen LogP contribution in [0, 0.1) is 6.92 Å². The zero-order chi connectivity index (χ0) is 13.7. The number of anilines is 1. The number of aryl methyl sites for hydroxylation is 1. The fourth-order valence-electron chi connectivity index (χ4n) is 1.67. The highest BCUT2D eigenvalue weighted by Gasteiger charge is 2.06. The number of nitrogens with zero attached hydrogens (tertiary/aromatic N) is 4. The van der Waals surface area contributed by atoms with Crippen molar-refractivity contribution in [2.75, 3.05) is 11.9 Å². The van der Waals surface area contributed by atoms with Crippen LogP contribution in [-0.2, 0) is 4.79 Å². The molecule has 2 aromatic rings. The maximum absolute atomic E-state index is 11.6. The predicted octanol–water partition coefficient (Wildman–Crippen LogP) is 0.682. The van der Waals surface area contributed by atoms with Gasteiger partial charge < -0.3 is 10.4 Å². The Morgan fingerprint density at radius 1 is 1.47 bits per heavy atom. The van der Waals surface area contributed by atoms with Crippen molar-refractivity contribution < 1.29 is 9.90 Å². The Hall–Kier alpha value is -2.28. The molecule has 7 nitrogen and oxygen atoms in total. The van der Waals surface area contributed by atoms with Crippen LogP contribution in [0.1, 0.15) is 18.4 Å². The summed E-state index contributed by atoms with van der Waals surface area (Å²) in [6, 6.07) is 5.52. The molecule has 0 aliphatic heterocycles. The summed E-state index contributed by atoms with van der Waals surface area (Å²) in [5, 5.41) is 22.5. The number of aliphatic hydroxyl groups excluding tert-OH is 1. The number of nitrogens with one attached hydrogen (secondary N) is 1. The zero-order valence-corrected chi connectivity index (χ0v) is 10.6. The van der Waals surface area contributed by atoms with E-state index in [1.54, 1.807) is 4.68 Å². The summed E-state index contributed by atoms with van der Waals surface area (Å²) in [5.41, 5.74) is 2.49. The number of benzene rings is 1. The average molecular weight is 261 g/mol. The molecule has 7 heteroatoms. The molecule has 0 bridgehead atoms. The highest BCUT2D eigenvalue weighted by Crippen LogP contribution is 2.18. The van der Waals surface area contributed by atoms with Gasteiger partial charge >= 0.3 is 0 Å². The number of aliphatic hydroxyl groups is 1. The minimum atomic E-state index is -0.124. The van der Waals surface area contributed by atoms with E-state index in [1.165, 1.54) is 6.33 Å². The molecule has 0 radical (unpaired) electrons. The van der Waals surface area contributed by atoms with Crippen molar-refractivity contribution in [3.05, 3.63) is 30.1 Å². The van der Waals surface area contributed by atoms with Crippen LogP contribution in [-0.4, -0.2) is 37.8 Å². The number of carbonyl (C=O) groups is 1. The lowest BCUT2D eigenvalue weighted by Gasteiger charge is -2.09. The van der Waals surface area contributed by atoms with E-state index in [0.29, 0.717) is 18.5 Å². The number of carbonyl (C=O) groups excluding carboxylic acids is 1. The maximum atomic E-state index is 11.6. The lowest BCUT2D eigenvalue weighted by molar-refractivity contribution is -0.116. The van der Waals surface area contributed by atoms with Gasteiger partial charge in [0.2, 0.25) is 5.91 Å². The second kappa shape index (κ2) is 6.05. The lowest BCUT2D eigenvalue weighted by atomic mass is 10.1. The molecular weight excluding hydrogens is 246 g/mol. The molecule has 2 rings (SSSR count). The summed E-state index contributed by atoms with van der Waals surface area (Å²) in [5.74, 6) is -0.124. The zero-order valence-electron chi connectivity index (χ0n) is 10.6. The van der Waals surface area contributed by atoms with Gasteiger partial charge in [-0.1, -0.05) is 6.07 Å². The van der Waals surface area contributed by atoms with Crippen molar-refractivity contribution in [2.45, 2.75) is 19.8 Å². The average Bonchev–Trinajstić information content (AvgIpc) is 2.92. The molecule has 0 unspecified atom stereocenters. The van der Waals surface area contributed by atoms with Gasteiger partial charge in [0.1, 0.15) is 6.33 Å². The van der Waals surface area contributed by atoms with E-state index in [1.807, 2.05) is 25.1 Å². The minimum Gasteiger partial charge on any atom is -0.396 e. The SMILES string of the molecule is Cc1ccc(NC(=O)CCCO)cc1-n1cnnn1. The van der Waals surface area contributed by atoms with Gasteiger partial charge in [-0.3, -0.25) is 4.79 Å². The monoisotopic (exact) mass is 261 g/mol. The fraction of sp³-hybridized carbons (Fsp3) is 0.333. The number of hydrogen-bond acceptors (Lipinski definition) is 5. The van der Waals surface area contributed by atoms with Crippen LogP contribution in [0.25, 0.3) is 5.69 Å². The van der Waals surface area contributed by atoms with Crippen LogP contribution in [0.4, 0.5) is 5.69 Å². The van der Waals surface area contributed by atoms with E-state index < -0.39 is 0 Å². The maximum Gasteiger partial charge on any atom is 0.224 e.